The molecule has 0 aliphatic carbocycles. The van der Waals surface area contributed by atoms with Crippen LogP contribution in [0.1, 0.15) is 12.6 Å². The van der Waals surface area contributed by atoms with Crippen LogP contribution < -0.4 is 5.32 Å². The summed E-state index contributed by atoms with van der Waals surface area (Å²) in [5, 5.41) is 3.90. The Morgan fingerprint density at radius 2 is 2.05 bits per heavy atom. The van der Waals surface area contributed by atoms with E-state index >= 15 is 0 Å². The molecular weight excluding hydrogens is 417 g/mol. The van der Waals surface area contributed by atoms with Crippen molar-refractivity contribution in [2.24, 2.45) is 12.0 Å². The van der Waals surface area contributed by atoms with Gasteiger partial charge in [-0.15, -0.1) is 24.0 Å². The maximum Gasteiger partial charge on any atom is 0.243 e. The molecule has 1 amide bonds. The van der Waals surface area contributed by atoms with Gasteiger partial charge in [0.05, 0.1) is 11.6 Å². The molecule has 0 unspecified atom stereocenters. The first-order valence-corrected chi connectivity index (χ1v) is 7.23. The number of rotatable bonds is 5. The van der Waals surface area contributed by atoms with Crippen molar-refractivity contribution in [2.45, 2.75) is 13.5 Å². The topological polar surface area (TPSA) is 52.9 Å². The smallest absolute Gasteiger partial charge is 0.243 e. The minimum Gasteiger partial charge on any atom is -0.357 e. The van der Waals surface area contributed by atoms with Gasteiger partial charge in [0.2, 0.25) is 5.91 Å². The lowest BCUT2D eigenvalue weighted by Crippen LogP contribution is -2.39. The molecule has 1 N–H and O–H groups in total. The molecule has 1 aromatic heterocycles. The predicted molar refractivity (Wildman–Crippen MR) is 102 cm³/mol. The van der Waals surface area contributed by atoms with Crippen LogP contribution in [0.3, 0.4) is 0 Å². The van der Waals surface area contributed by atoms with Crippen LogP contribution in [0, 0.1) is 0 Å². The molecule has 0 aromatic carbocycles. The van der Waals surface area contributed by atoms with Crippen LogP contribution in [0.4, 0.5) is 0 Å². The van der Waals surface area contributed by atoms with E-state index < -0.39 is 0 Å². The summed E-state index contributed by atoms with van der Waals surface area (Å²) in [6.45, 7) is 3.53. The van der Waals surface area contributed by atoms with E-state index in [2.05, 4.69) is 10.3 Å². The van der Waals surface area contributed by atoms with Gasteiger partial charge in [-0.05, 0) is 13.0 Å². The number of nitrogens with zero attached hydrogens (tertiary/aromatic N) is 4. The molecule has 0 bridgehead atoms. The summed E-state index contributed by atoms with van der Waals surface area (Å²) in [7, 11) is 7.33. The first-order chi connectivity index (χ1) is 9.85. The number of aromatic nitrogens is 1. The summed E-state index contributed by atoms with van der Waals surface area (Å²) >= 11 is 5.99. The van der Waals surface area contributed by atoms with Crippen LogP contribution in [-0.2, 0) is 18.4 Å². The lowest BCUT2D eigenvalue weighted by atomic mass is 10.4. The summed E-state index contributed by atoms with van der Waals surface area (Å²) in [5.41, 5.74) is 1.08. The van der Waals surface area contributed by atoms with Crippen LogP contribution in [0.2, 0.25) is 5.02 Å². The quantitative estimate of drug-likeness (QED) is 0.431. The van der Waals surface area contributed by atoms with Crippen molar-refractivity contribution in [3.05, 3.63) is 23.0 Å². The minimum atomic E-state index is -0.0271. The fraction of sp³-hybridized carbons (Fsp3) is 0.571. The molecule has 1 aromatic rings. The van der Waals surface area contributed by atoms with Gasteiger partial charge < -0.3 is 19.7 Å². The highest BCUT2D eigenvalue weighted by Gasteiger charge is 2.11. The SMILES string of the molecule is CCNC(=NCC(=O)N(C)C)N(C)Cc1cc(Cl)cn1C.I. The normalized spacial score (nSPS) is 10.9. The van der Waals surface area contributed by atoms with Crippen LogP contribution in [-0.4, -0.2) is 60.5 Å². The molecule has 0 aliphatic heterocycles. The summed E-state index contributed by atoms with van der Waals surface area (Å²) in [6.07, 6.45) is 1.87. The predicted octanol–water partition coefficient (Wildman–Crippen LogP) is 1.78. The lowest BCUT2D eigenvalue weighted by molar-refractivity contribution is -0.127. The third-order valence-electron chi connectivity index (χ3n) is 3.03. The van der Waals surface area contributed by atoms with Gasteiger partial charge in [0.15, 0.2) is 5.96 Å². The molecule has 0 atom stereocenters. The van der Waals surface area contributed by atoms with Gasteiger partial charge in [-0.3, -0.25) is 4.79 Å². The molecule has 1 rings (SSSR count). The summed E-state index contributed by atoms with van der Waals surface area (Å²) < 4.78 is 1.98. The number of likely N-dealkylation sites (N-methyl/N-ethyl adjacent to an activating group) is 1. The van der Waals surface area contributed by atoms with Gasteiger partial charge in [-0.2, -0.15) is 0 Å². The molecule has 1 heterocycles. The van der Waals surface area contributed by atoms with Crippen molar-refractivity contribution in [3.63, 3.8) is 0 Å². The van der Waals surface area contributed by atoms with Gasteiger partial charge in [0, 0.05) is 46.6 Å². The largest absolute Gasteiger partial charge is 0.357 e. The first-order valence-electron chi connectivity index (χ1n) is 6.85. The third kappa shape index (κ3) is 6.43. The van der Waals surface area contributed by atoms with Gasteiger partial charge in [-0.1, -0.05) is 11.6 Å². The van der Waals surface area contributed by atoms with Crippen LogP contribution in [0.15, 0.2) is 17.3 Å². The maximum absolute atomic E-state index is 11.6. The second kappa shape index (κ2) is 9.94. The van der Waals surface area contributed by atoms with E-state index in [1.165, 1.54) is 4.90 Å². The van der Waals surface area contributed by atoms with Crippen molar-refractivity contribution in [1.82, 2.24) is 19.7 Å². The number of carbonyl (C=O) groups excluding carboxylic acids is 1. The van der Waals surface area contributed by atoms with E-state index in [9.17, 15) is 4.79 Å². The van der Waals surface area contributed by atoms with Crippen molar-refractivity contribution < 1.29 is 4.79 Å². The van der Waals surface area contributed by atoms with Crippen LogP contribution >= 0.6 is 35.6 Å². The Morgan fingerprint density at radius 3 is 2.50 bits per heavy atom. The Bertz CT molecular complexity index is 515. The van der Waals surface area contributed by atoms with E-state index in [1.807, 2.05) is 42.7 Å². The molecular formula is C14H25ClIN5O. The van der Waals surface area contributed by atoms with E-state index in [0.29, 0.717) is 17.5 Å². The van der Waals surface area contributed by atoms with Gasteiger partial charge >= 0.3 is 0 Å². The summed E-state index contributed by atoms with van der Waals surface area (Å²) in [5.74, 6) is 0.672. The Labute approximate surface area is 154 Å². The standard InChI is InChI=1S/C14H24ClN5O.HI/c1-6-16-14(17-8-13(21)18(2)3)20(5)10-12-7-11(15)9-19(12)4;/h7,9H,6,8,10H2,1-5H3,(H,16,17);1H. The lowest BCUT2D eigenvalue weighted by Gasteiger charge is -2.22. The Hall–Kier alpha value is -0.960. The van der Waals surface area contributed by atoms with Gasteiger partial charge in [0.25, 0.3) is 0 Å². The first kappa shape index (κ1) is 21.0. The molecule has 0 radical (unpaired) electrons. The maximum atomic E-state index is 11.6. The number of hydrogen-bond acceptors (Lipinski definition) is 2. The Kier molecular flexibility index (Phi) is 9.50. The van der Waals surface area contributed by atoms with Crippen LogP contribution in [0.5, 0.6) is 0 Å². The van der Waals surface area contributed by atoms with Gasteiger partial charge in [-0.25, -0.2) is 4.99 Å². The van der Waals surface area contributed by atoms with E-state index in [0.717, 1.165) is 12.2 Å². The van der Waals surface area contributed by atoms with Crippen LogP contribution in [0.25, 0.3) is 0 Å². The van der Waals surface area contributed by atoms with Crippen molar-refractivity contribution in [2.75, 3.05) is 34.2 Å². The average molecular weight is 442 g/mol. The second-order valence-electron chi connectivity index (χ2n) is 5.07. The number of carbonyl (C=O) groups is 1. The summed E-state index contributed by atoms with van der Waals surface area (Å²) in [6, 6.07) is 1.92. The number of hydrogen-bond donors (Lipinski definition) is 1. The molecule has 126 valence electrons. The van der Waals surface area contributed by atoms with Crippen molar-refractivity contribution >= 4 is 47.4 Å². The highest BCUT2D eigenvalue weighted by atomic mass is 127. The van der Waals surface area contributed by atoms with Crippen molar-refractivity contribution in [3.8, 4) is 0 Å². The Morgan fingerprint density at radius 1 is 1.41 bits per heavy atom. The molecule has 8 heteroatoms. The fourth-order valence-electron chi connectivity index (χ4n) is 1.79. The summed E-state index contributed by atoms with van der Waals surface area (Å²) in [4.78, 5) is 19.5. The molecule has 22 heavy (non-hydrogen) atoms. The van der Waals surface area contributed by atoms with Crippen molar-refractivity contribution in [1.29, 1.82) is 0 Å². The van der Waals surface area contributed by atoms with Gasteiger partial charge in [0.1, 0.15) is 6.54 Å². The van der Waals surface area contributed by atoms with E-state index in [4.69, 9.17) is 11.6 Å². The number of halogens is 2. The zero-order chi connectivity index (χ0) is 16.0. The Balaban J connectivity index is 0.00000441. The molecule has 0 spiro atoms. The molecule has 6 nitrogen and oxygen atoms in total. The number of aryl methyl sites for hydroxylation is 1. The fourth-order valence-corrected chi connectivity index (χ4v) is 2.07. The molecule has 0 saturated heterocycles. The number of guanidine groups is 1. The zero-order valence-corrected chi connectivity index (χ0v) is 16.8. The monoisotopic (exact) mass is 441 g/mol. The average Bonchev–Trinajstić information content (AvgIpc) is 2.72. The second-order valence-corrected chi connectivity index (χ2v) is 5.51. The highest BCUT2D eigenvalue weighted by Crippen LogP contribution is 2.14. The molecule has 0 aliphatic rings. The minimum absolute atomic E-state index is 0. The van der Waals surface area contributed by atoms with E-state index in [1.54, 1.807) is 14.1 Å². The molecule has 0 fully saturated rings. The highest BCUT2D eigenvalue weighted by molar-refractivity contribution is 14.0. The number of nitrogens with one attached hydrogen (secondary N) is 1. The number of aliphatic imine (C=N–C) groups is 1. The van der Waals surface area contributed by atoms with E-state index in [-0.39, 0.29) is 36.4 Å². The zero-order valence-electron chi connectivity index (χ0n) is 13.8. The molecule has 0 saturated carbocycles. The third-order valence-corrected chi connectivity index (χ3v) is 3.24. The number of amides is 1.